The Morgan fingerprint density at radius 1 is 1.03 bits per heavy atom. The Kier molecular flexibility index (Phi) is 7.95. The first-order valence-electron chi connectivity index (χ1n) is 10.6. The quantitative estimate of drug-likeness (QED) is 0.505. The van der Waals surface area contributed by atoms with Crippen LogP contribution in [-0.4, -0.2) is 43.3 Å². The third-order valence-electron chi connectivity index (χ3n) is 5.12. The largest absolute Gasteiger partial charge is 0.339 e. The number of benzene rings is 2. The highest BCUT2D eigenvalue weighted by Crippen LogP contribution is 2.26. The van der Waals surface area contributed by atoms with Crippen molar-refractivity contribution in [3.05, 3.63) is 83.9 Å². The summed E-state index contributed by atoms with van der Waals surface area (Å²) in [6.45, 7) is 4.76. The average molecular weight is 485 g/mol. The smallest absolute Gasteiger partial charge is 0.319 e. The summed E-state index contributed by atoms with van der Waals surface area (Å²) in [7, 11) is -4.24. The molecule has 2 aromatic carbocycles. The molecule has 0 saturated heterocycles. The molecule has 0 aliphatic carbocycles. The van der Waals surface area contributed by atoms with Crippen molar-refractivity contribution >= 4 is 27.5 Å². The number of aromatic nitrogens is 1. The van der Waals surface area contributed by atoms with Gasteiger partial charge >= 0.3 is 6.03 Å². The monoisotopic (exact) mass is 484 g/mol. The molecule has 1 heterocycles. The van der Waals surface area contributed by atoms with E-state index < -0.39 is 26.6 Å². The van der Waals surface area contributed by atoms with Crippen LogP contribution in [0.3, 0.4) is 0 Å². The lowest BCUT2D eigenvalue weighted by molar-refractivity contribution is 0.0772. The number of pyridine rings is 1. The molecule has 3 aromatic rings. The zero-order chi connectivity index (χ0) is 24.7. The van der Waals surface area contributed by atoms with E-state index in [-0.39, 0.29) is 22.9 Å². The molecule has 0 radical (unpaired) electrons. The topological polar surface area (TPSA) is 108 Å². The van der Waals surface area contributed by atoms with Crippen LogP contribution in [0.25, 0.3) is 0 Å². The summed E-state index contributed by atoms with van der Waals surface area (Å²) in [6, 6.07) is 11.7. The van der Waals surface area contributed by atoms with E-state index in [1.54, 1.807) is 32.3 Å². The van der Waals surface area contributed by atoms with Gasteiger partial charge < -0.3 is 15.5 Å². The van der Waals surface area contributed by atoms with Crippen molar-refractivity contribution in [3.63, 3.8) is 0 Å². The lowest BCUT2D eigenvalue weighted by atomic mass is 10.2. The van der Waals surface area contributed by atoms with Gasteiger partial charge in [-0.3, -0.25) is 9.78 Å². The lowest BCUT2D eigenvalue weighted by Crippen LogP contribution is -2.30. The molecule has 1 aromatic heterocycles. The molecule has 0 saturated carbocycles. The first kappa shape index (κ1) is 24.8. The van der Waals surface area contributed by atoms with Gasteiger partial charge in [-0.15, -0.1) is 0 Å². The molecule has 2 N–H and O–H groups in total. The van der Waals surface area contributed by atoms with E-state index >= 15 is 0 Å². The van der Waals surface area contributed by atoms with Gasteiger partial charge in [0.2, 0.25) is 9.84 Å². The lowest BCUT2D eigenvalue weighted by Gasteiger charge is -2.19. The molecule has 0 fully saturated rings. The van der Waals surface area contributed by atoms with E-state index in [1.165, 1.54) is 35.2 Å². The van der Waals surface area contributed by atoms with E-state index in [1.807, 2.05) is 6.07 Å². The zero-order valence-corrected chi connectivity index (χ0v) is 19.6. The Balaban J connectivity index is 1.75. The van der Waals surface area contributed by atoms with E-state index in [0.717, 1.165) is 17.7 Å². The number of rotatable bonds is 8. The van der Waals surface area contributed by atoms with Crippen molar-refractivity contribution in [2.75, 3.05) is 18.4 Å². The van der Waals surface area contributed by atoms with Gasteiger partial charge in [0, 0.05) is 43.3 Å². The van der Waals surface area contributed by atoms with E-state index in [9.17, 15) is 22.4 Å². The van der Waals surface area contributed by atoms with Crippen molar-refractivity contribution in [2.45, 2.75) is 30.2 Å². The van der Waals surface area contributed by atoms with Gasteiger partial charge in [-0.25, -0.2) is 17.6 Å². The summed E-state index contributed by atoms with van der Waals surface area (Å²) in [5.41, 5.74) is 1.27. The van der Waals surface area contributed by atoms with E-state index in [0.29, 0.717) is 18.8 Å². The fourth-order valence-electron chi connectivity index (χ4n) is 3.24. The van der Waals surface area contributed by atoms with Gasteiger partial charge in [0.25, 0.3) is 5.91 Å². The fraction of sp³-hybridized carbons (Fsp3) is 0.208. The first-order valence-corrected chi connectivity index (χ1v) is 12.1. The van der Waals surface area contributed by atoms with Gasteiger partial charge in [0.15, 0.2) is 0 Å². The Bertz CT molecular complexity index is 1260. The zero-order valence-electron chi connectivity index (χ0n) is 18.8. The SMILES string of the molecule is CCN(CC)C(=O)c1ccc(F)c(S(=O)(=O)c2ccc(NC(=O)NCc3cccnc3)cc2)c1. The number of amides is 3. The molecule has 0 aliphatic rings. The van der Waals surface area contributed by atoms with Gasteiger partial charge in [-0.2, -0.15) is 0 Å². The maximum atomic E-state index is 14.5. The highest BCUT2D eigenvalue weighted by Gasteiger charge is 2.24. The second-order valence-electron chi connectivity index (χ2n) is 7.32. The summed E-state index contributed by atoms with van der Waals surface area (Å²) in [6.07, 6.45) is 3.26. The van der Waals surface area contributed by atoms with Gasteiger partial charge in [0.05, 0.1) is 4.90 Å². The number of anilines is 1. The Hall–Kier alpha value is -3.79. The Morgan fingerprint density at radius 3 is 2.35 bits per heavy atom. The van der Waals surface area contributed by atoms with Crippen LogP contribution < -0.4 is 10.6 Å². The molecule has 0 bridgehead atoms. The third-order valence-corrected chi connectivity index (χ3v) is 6.90. The predicted octanol–water partition coefficient (Wildman–Crippen LogP) is 3.86. The van der Waals surface area contributed by atoms with Crippen molar-refractivity contribution < 1.29 is 22.4 Å². The average Bonchev–Trinajstić information content (AvgIpc) is 2.84. The number of hydrogen-bond donors (Lipinski definition) is 2. The van der Waals surface area contributed by atoms with Crippen LogP contribution in [0.4, 0.5) is 14.9 Å². The molecule has 0 aliphatic heterocycles. The highest BCUT2D eigenvalue weighted by atomic mass is 32.2. The molecule has 34 heavy (non-hydrogen) atoms. The molecule has 178 valence electrons. The van der Waals surface area contributed by atoms with Crippen LogP contribution in [0, 0.1) is 5.82 Å². The molecule has 8 nitrogen and oxygen atoms in total. The number of carbonyl (C=O) groups is 2. The standard InChI is InChI=1S/C24H25FN4O4S/c1-3-29(4-2)23(30)18-7-12-21(25)22(14-18)34(32,33)20-10-8-19(9-11-20)28-24(31)27-16-17-6-5-13-26-15-17/h5-15H,3-4,16H2,1-2H3,(H2,27,28,31). The van der Waals surface area contributed by atoms with Gasteiger partial charge in [0.1, 0.15) is 10.7 Å². The molecule has 10 heteroatoms. The maximum absolute atomic E-state index is 14.5. The summed E-state index contributed by atoms with van der Waals surface area (Å²) in [4.78, 5) is 29.4. The number of sulfone groups is 1. The minimum Gasteiger partial charge on any atom is -0.339 e. The molecule has 0 unspecified atom stereocenters. The highest BCUT2D eigenvalue weighted by molar-refractivity contribution is 7.91. The molecule has 0 spiro atoms. The second-order valence-corrected chi connectivity index (χ2v) is 9.24. The van der Waals surface area contributed by atoms with Crippen molar-refractivity contribution in [1.29, 1.82) is 0 Å². The fourth-order valence-corrected chi connectivity index (χ4v) is 4.60. The van der Waals surface area contributed by atoms with Crippen LogP contribution in [-0.2, 0) is 16.4 Å². The van der Waals surface area contributed by atoms with E-state index in [2.05, 4.69) is 15.6 Å². The van der Waals surface area contributed by atoms with Crippen molar-refractivity contribution in [1.82, 2.24) is 15.2 Å². The summed E-state index contributed by atoms with van der Waals surface area (Å²) < 4.78 is 40.6. The Labute approximate surface area is 197 Å². The van der Waals surface area contributed by atoms with E-state index in [4.69, 9.17) is 0 Å². The molecule has 3 amide bonds. The normalized spacial score (nSPS) is 11.0. The minimum atomic E-state index is -4.24. The number of urea groups is 1. The van der Waals surface area contributed by atoms with Gasteiger partial charge in [-0.1, -0.05) is 6.07 Å². The number of carbonyl (C=O) groups excluding carboxylic acids is 2. The summed E-state index contributed by atoms with van der Waals surface area (Å²) in [5, 5.41) is 5.27. The number of halogens is 1. The van der Waals surface area contributed by atoms with Crippen molar-refractivity contribution in [3.8, 4) is 0 Å². The second kappa shape index (κ2) is 10.9. The van der Waals surface area contributed by atoms with Gasteiger partial charge in [-0.05, 0) is 67.9 Å². The summed E-state index contributed by atoms with van der Waals surface area (Å²) >= 11 is 0. The molecule has 0 atom stereocenters. The minimum absolute atomic E-state index is 0.0900. The number of nitrogens with one attached hydrogen (secondary N) is 2. The molecular weight excluding hydrogens is 459 g/mol. The summed E-state index contributed by atoms with van der Waals surface area (Å²) in [5.74, 6) is -1.33. The van der Waals surface area contributed by atoms with Crippen molar-refractivity contribution in [2.24, 2.45) is 0 Å². The first-order chi connectivity index (χ1) is 16.3. The number of nitrogens with zero attached hydrogens (tertiary/aromatic N) is 2. The molecule has 3 rings (SSSR count). The van der Waals surface area contributed by atoms with Crippen LogP contribution in [0.15, 0.2) is 76.8 Å². The van der Waals surface area contributed by atoms with Crippen LogP contribution in [0.2, 0.25) is 0 Å². The van der Waals surface area contributed by atoms with Crippen LogP contribution in [0.5, 0.6) is 0 Å². The molecular formula is C24H25FN4O4S. The van der Waals surface area contributed by atoms with Crippen LogP contribution in [0.1, 0.15) is 29.8 Å². The predicted molar refractivity (Wildman–Crippen MR) is 126 cm³/mol. The third kappa shape index (κ3) is 5.76. The Morgan fingerprint density at radius 2 is 1.74 bits per heavy atom. The maximum Gasteiger partial charge on any atom is 0.319 e. The van der Waals surface area contributed by atoms with Crippen LogP contribution >= 0.6 is 0 Å². The number of hydrogen-bond acceptors (Lipinski definition) is 5.